The SMILES string of the molecule is C=CCOC(=O)N1CCN(c2ccc(C(=O)O)cc2)CC1. The highest BCUT2D eigenvalue weighted by Crippen LogP contribution is 2.17. The van der Waals surface area contributed by atoms with E-state index < -0.39 is 5.97 Å². The van der Waals surface area contributed by atoms with Gasteiger partial charge in [0.25, 0.3) is 0 Å². The number of nitrogens with zero attached hydrogens (tertiary/aromatic N) is 2. The van der Waals surface area contributed by atoms with Gasteiger partial charge in [-0.05, 0) is 24.3 Å². The van der Waals surface area contributed by atoms with Crippen LogP contribution in [0.15, 0.2) is 36.9 Å². The lowest BCUT2D eigenvalue weighted by Gasteiger charge is -2.35. The number of carbonyl (C=O) groups is 2. The summed E-state index contributed by atoms with van der Waals surface area (Å²) in [6, 6.07) is 6.75. The van der Waals surface area contributed by atoms with Crippen molar-refractivity contribution in [2.45, 2.75) is 0 Å². The number of rotatable bonds is 4. The van der Waals surface area contributed by atoms with Crippen molar-refractivity contribution in [3.05, 3.63) is 42.5 Å². The van der Waals surface area contributed by atoms with Crippen LogP contribution in [-0.4, -0.2) is 54.9 Å². The second-order valence-electron chi connectivity index (χ2n) is 4.69. The van der Waals surface area contributed by atoms with Crippen LogP contribution < -0.4 is 4.90 Å². The molecule has 1 amide bonds. The Morgan fingerprint density at radius 2 is 1.81 bits per heavy atom. The number of carboxylic acids is 1. The Balaban J connectivity index is 1.90. The van der Waals surface area contributed by atoms with E-state index in [1.54, 1.807) is 29.2 Å². The maximum atomic E-state index is 11.7. The average Bonchev–Trinajstić information content (AvgIpc) is 2.53. The fourth-order valence-electron chi connectivity index (χ4n) is 2.18. The van der Waals surface area contributed by atoms with Gasteiger partial charge in [0, 0.05) is 31.9 Å². The van der Waals surface area contributed by atoms with E-state index in [0.29, 0.717) is 26.2 Å². The summed E-state index contributed by atoms with van der Waals surface area (Å²) in [6.45, 7) is 6.26. The van der Waals surface area contributed by atoms with Crippen LogP contribution in [0.3, 0.4) is 0 Å². The molecule has 112 valence electrons. The van der Waals surface area contributed by atoms with Crippen molar-refractivity contribution in [2.75, 3.05) is 37.7 Å². The largest absolute Gasteiger partial charge is 0.478 e. The third-order valence-electron chi connectivity index (χ3n) is 3.34. The Labute approximate surface area is 123 Å². The minimum absolute atomic E-state index is 0.218. The quantitative estimate of drug-likeness (QED) is 0.857. The molecule has 6 heteroatoms. The molecule has 21 heavy (non-hydrogen) atoms. The molecule has 0 atom stereocenters. The van der Waals surface area contributed by atoms with Crippen LogP contribution in [0.25, 0.3) is 0 Å². The van der Waals surface area contributed by atoms with Crippen LogP contribution in [-0.2, 0) is 4.74 Å². The molecule has 1 aromatic rings. The van der Waals surface area contributed by atoms with Crippen LogP contribution in [0, 0.1) is 0 Å². The standard InChI is InChI=1S/C15H18N2O4/c1-2-11-21-15(20)17-9-7-16(8-10-17)13-5-3-12(4-6-13)14(18)19/h2-6H,1,7-11H2,(H,18,19). The van der Waals surface area contributed by atoms with E-state index in [1.165, 1.54) is 6.08 Å². The van der Waals surface area contributed by atoms with Gasteiger partial charge < -0.3 is 19.6 Å². The molecule has 0 saturated carbocycles. The number of carbonyl (C=O) groups excluding carboxylic acids is 1. The fourth-order valence-corrected chi connectivity index (χ4v) is 2.18. The summed E-state index contributed by atoms with van der Waals surface area (Å²) < 4.78 is 5.00. The Kier molecular flexibility index (Phi) is 4.81. The lowest BCUT2D eigenvalue weighted by Crippen LogP contribution is -2.49. The highest BCUT2D eigenvalue weighted by molar-refractivity contribution is 5.88. The van der Waals surface area contributed by atoms with Crippen molar-refractivity contribution < 1.29 is 19.4 Å². The van der Waals surface area contributed by atoms with E-state index in [2.05, 4.69) is 11.5 Å². The second-order valence-corrected chi connectivity index (χ2v) is 4.69. The monoisotopic (exact) mass is 290 g/mol. The zero-order valence-electron chi connectivity index (χ0n) is 11.7. The van der Waals surface area contributed by atoms with E-state index in [0.717, 1.165) is 5.69 Å². The maximum Gasteiger partial charge on any atom is 0.410 e. The van der Waals surface area contributed by atoms with Gasteiger partial charge in [0.2, 0.25) is 0 Å². The van der Waals surface area contributed by atoms with Gasteiger partial charge in [-0.15, -0.1) is 0 Å². The summed E-state index contributed by atoms with van der Waals surface area (Å²) in [5.74, 6) is -0.934. The van der Waals surface area contributed by atoms with Crippen molar-refractivity contribution in [2.24, 2.45) is 0 Å². The minimum Gasteiger partial charge on any atom is -0.478 e. The number of piperazine rings is 1. The molecule has 0 aliphatic carbocycles. The molecule has 0 bridgehead atoms. The lowest BCUT2D eigenvalue weighted by molar-refractivity contribution is 0.0696. The average molecular weight is 290 g/mol. The number of hydrogen-bond acceptors (Lipinski definition) is 4. The summed E-state index contributed by atoms with van der Waals surface area (Å²) in [6.07, 6.45) is 1.22. The van der Waals surface area contributed by atoms with Crippen LogP contribution in [0.2, 0.25) is 0 Å². The molecular formula is C15H18N2O4. The van der Waals surface area contributed by atoms with Crippen LogP contribution in [0.5, 0.6) is 0 Å². The summed E-state index contributed by atoms with van der Waals surface area (Å²) in [4.78, 5) is 26.3. The molecule has 1 aliphatic rings. The highest BCUT2D eigenvalue weighted by Gasteiger charge is 2.22. The van der Waals surface area contributed by atoms with Crippen LogP contribution >= 0.6 is 0 Å². The second kappa shape index (κ2) is 6.78. The van der Waals surface area contributed by atoms with E-state index in [1.807, 2.05) is 0 Å². The van der Waals surface area contributed by atoms with Gasteiger partial charge in [-0.25, -0.2) is 9.59 Å². The van der Waals surface area contributed by atoms with Gasteiger partial charge in [0.1, 0.15) is 6.61 Å². The normalized spacial score (nSPS) is 14.7. The maximum absolute atomic E-state index is 11.7. The molecule has 2 rings (SSSR count). The van der Waals surface area contributed by atoms with Crippen molar-refractivity contribution in [1.82, 2.24) is 4.90 Å². The molecule has 1 fully saturated rings. The molecule has 1 aromatic carbocycles. The third-order valence-corrected chi connectivity index (χ3v) is 3.34. The number of anilines is 1. The number of hydrogen-bond donors (Lipinski definition) is 1. The molecular weight excluding hydrogens is 272 g/mol. The van der Waals surface area contributed by atoms with Crippen molar-refractivity contribution >= 4 is 17.7 Å². The molecule has 6 nitrogen and oxygen atoms in total. The fraction of sp³-hybridized carbons (Fsp3) is 0.333. The third kappa shape index (κ3) is 3.75. The van der Waals surface area contributed by atoms with Gasteiger partial charge >= 0.3 is 12.1 Å². The molecule has 0 aromatic heterocycles. The Hall–Kier alpha value is -2.50. The first kappa shape index (κ1) is 14.9. The number of benzene rings is 1. The van der Waals surface area contributed by atoms with E-state index in [4.69, 9.17) is 9.84 Å². The van der Waals surface area contributed by atoms with Gasteiger partial charge in [-0.3, -0.25) is 0 Å². The van der Waals surface area contributed by atoms with E-state index in [9.17, 15) is 9.59 Å². The number of carboxylic acid groups (broad SMARTS) is 1. The zero-order chi connectivity index (χ0) is 15.2. The first-order valence-corrected chi connectivity index (χ1v) is 6.72. The summed E-state index contributed by atoms with van der Waals surface area (Å²) in [5, 5.41) is 8.87. The molecule has 1 saturated heterocycles. The summed E-state index contributed by atoms with van der Waals surface area (Å²) >= 11 is 0. The van der Waals surface area contributed by atoms with Gasteiger partial charge in [-0.2, -0.15) is 0 Å². The predicted molar refractivity (Wildman–Crippen MR) is 78.7 cm³/mol. The Bertz CT molecular complexity index is 519. The highest BCUT2D eigenvalue weighted by atomic mass is 16.6. The van der Waals surface area contributed by atoms with Gasteiger partial charge in [0.05, 0.1) is 5.56 Å². The molecule has 0 spiro atoms. The van der Waals surface area contributed by atoms with E-state index in [-0.39, 0.29) is 18.3 Å². The first-order valence-electron chi connectivity index (χ1n) is 6.72. The van der Waals surface area contributed by atoms with E-state index >= 15 is 0 Å². The van der Waals surface area contributed by atoms with Crippen LogP contribution in [0.4, 0.5) is 10.5 Å². The smallest absolute Gasteiger partial charge is 0.410 e. The topological polar surface area (TPSA) is 70.1 Å². The lowest BCUT2D eigenvalue weighted by atomic mass is 10.2. The molecule has 0 radical (unpaired) electrons. The number of ether oxygens (including phenoxy) is 1. The van der Waals surface area contributed by atoms with Gasteiger partial charge in [-0.1, -0.05) is 12.7 Å². The summed E-state index contributed by atoms with van der Waals surface area (Å²) in [5.41, 5.74) is 1.23. The van der Waals surface area contributed by atoms with Crippen molar-refractivity contribution in [1.29, 1.82) is 0 Å². The molecule has 1 aliphatic heterocycles. The van der Waals surface area contributed by atoms with Gasteiger partial charge in [0.15, 0.2) is 0 Å². The Morgan fingerprint density at radius 3 is 2.33 bits per heavy atom. The summed E-state index contributed by atoms with van der Waals surface area (Å²) in [7, 11) is 0. The van der Waals surface area contributed by atoms with Crippen molar-refractivity contribution in [3.8, 4) is 0 Å². The van der Waals surface area contributed by atoms with Crippen LogP contribution in [0.1, 0.15) is 10.4 Å². The molecule has 1 N–H and O–H groups in total. The molecule has 1 heterocycles. The zero-order valence-corrected chi connectivity index (χ0v) is 11.7. The Morgan fingerprint density at radius 1 is 1.19 bits per heavy atom. The number of aromatic carboxylic acids is 1. The molecule has 0 unspecified atom stereocenters. The number of amides is 1. The minimum atomic E-state index is -0.934. The van der Waals surface area contributed by atoms with Crippen molar-refractivity contribution in [3.63, 3.8) is 0 Å². The predicted octanol–water partition coefficient (Wildman–Crippen LogP) is 1.83. The first-order chi connectivity index (χ1) is 10.1.